The summed E-state index contributed by atoms with van der Waals surface area (Å²) in [5, 5.41) is 3.52. The van der Waals surface area contributed by atoms with Crippen LogP contribution in [-0.2, 0) is 5.41 Å². The minimum absolute atomic E-state index is 0.223. The molecule has 2 unspecified atom stereocenters. The Balaban J connectivity index is 2.10. The lowest BCUT2D eigenvalue weighted by atomic mass is 9.85. The van der Waals surface area contributed by atoms with Crippen LogP contribution in [0.1, 0.15) is 38.8 Å². The van der Waals surface area contributed by atoms with E-state index in [9.17, 15) is 0 Å². The van der Waals surface area contributed by atoms with Gasteiger partial charge < -0.3 is 5.32 Å². The molecule has 82 valence electrons. The number of rotatable bonds is 3. The average Bonchev–Trinajstić information content (AvgIpc) is 2.64. The van der Waals surface area contributed by atoms with Crippen LogP contribution in [0, 0.1) is 0 Å². The topological polar surface area (TPSA) is 37.8 Å². The molecule has 0 amide bonds. The maximum atomic E-state index is 4.44. The summed E-state index contributed by atoms with van der Waals surface area (Å²) in [4.78, 5) is 8.60. The Kier molecular flexibility index (Phi) is 3.00. The standard InChI is InChI=1S/C12H19N3/c1-3-14-10-4-5-12(2,8-10)11-9-13-6-7-15-11/h6-7,9-10,14H,3-5,8H2,1-2H3. The molecule has 0 aromatic carbocycles. The summed E-state index contributed by atoms with van der Waals surface area (Å²) in [6, 6.07) is 0.655. The first kappa shape index (κ1) is 10.6. The molecule has 0 spiro atoms. The summed E-state index contributed by atoms with van der Waals surface area (Å²) in [5.74, 6) is 0. The van der Waals surface area contributed by atoms with Crippen molar-refractivity contribution in [1.82, 2.24) is 15.3 Å². The van der Waals surface area contributed by atoms with Crippen LogP contribution >= 0.6 is 0 Å². The van der Waals surface area contributed by atoms with Gasteiger partial charge in [0.2, 0.25) is 0 Å². The van der Waals surface area contributed by atoms with Crippen LogP contribution in [0.4, 0.5) is 0 Å². The molecule has 1 heterocycles. The van der Waals surface area contributed by atoms with Gasteiger partial charge in [-0.1, -0.05) is 13.8 Å². The lowest BCUT2D eigenvalue weighted by Gasteiger charge is -2.23. The van der Waals surface area contributed by atoms with E-state index in [0.717, 1.165) is 12.2 Å². The molecule has 1 saturated carbocycles. The quantitative estimate of drug-likeness (QED) is 0.819. The second kappa shape index (κ2) is 4.27. The zero-order valence-electron chi connectivity index (χ0n) is 9.53. The van der Waals surface area contributed by atoms with E-state index in [-0.39, 0.29) is 5.41 Å². The van der Waals surface area contributed by atoms with E-state index >= 15 is 0 Å². The molecule has 0 radical (unpaired) electrons. The first-order valence-electron chi connectivity index (χ1n) is 5.74. The van der Waals surface area contributed by atoms with E-state index in [0.29, 0.717) is 6.04 Å². The Morgan fingerprint density at radius 1 is 1.53 bits per heavy atom. The highest BCUT2D eigenvalue weighted by molar-refractivity contribution is 5.15. The molecule has 1 aromatic rings. The van der Waals surface area contributed by atoms with Gasteiger partial charge in [0.05, 0.1) is 5.69 Å². The van der Waals surface area contributed by atoms with Gasteiger partial charge >= 0.3 is 0 Å². The lowest BCUT2D eigenvalue weighted by Crippen LogP contribution is -2.29. The van der Waals surface area contributed by atoms with Crippen LogP contribution in [0.25, 0.3) is 0 Å². The third kappa shape index (κ3) is 2.17. The number of nitrogens with one attached hydrogen (secondary N) is 1. The minimum atomic E-state index is 0.223. The smallest absolute Gasteiger partial charge is 0.0646 e. The minimum Gasteiger partial charge on any atom is -0.314 e. The van der Waals surface area contributed by atoms with Gasteiger partial charge in [0.15, 0.2) is 0 Å². The maximum absolute atomic E-state index is 4.44. The van der Waals surface area contributed by atoms with Gasteiger partial charge in [0, 0.05) is 30.0 Å². The highest BCUT2D eigenvalue weighted by Crippen LogP contribution is 2.39. The Morgan fingerprint density at radius 3 is 3.07 bits per heavy atom. The molecule has 2 rings (SSSR count). The van der Waals surface area contributed by atoms with Gasteiger partial charge in [-0.15, -0.1) is 0 Å². The molecule has 0 aliphatic heterocycles. The first-order valence-corrected chi connectivity index (χ1v) is 5.74. The molecule has 0 saturated heterocycles. The van der Waals surface area contributed by atoms with Gasteiger partial charge in [-0.25, -0.2) is 0 Å². The fourth-order valence-corrected chi connectivity index (χ4v) is 2.55. The Labute approximate surface area is 91.3 Å². The summed E-state index contributed by atoms with van der Waals surface area (Å²) in [7, 11) is 0. The van der Waals surface area contributed by atoms with Crippen molar-refractivity contribution in [2.75, 3.05) is 6.54 Å². The van der Waals surface area contributed by atoms with E-state index in [1.807, 2.05) is 6.20 Å². The highest BCUT2D eigenvalue weighted by atomic mass is 14.9. The van der Waals surface area contributed by atoms with Crippen molar-refractivity contribution < 1.29 is 0 Å². The van der Waals surface area contributed by atoms with E-state index in [2.05, 4.69) is 29.1 Å². The van der Waals surface area contributed by atoms with Crippen molar-refractivity contribution in [3.05, 3.63) is 24.3 Å². The predicted molar refractivity (Wildman–Crippen MR) is 60.7 cm³/mol. The number of hydrogen-bond donors (Lipinski definition) is 1. The van der Waals surface area contributed by atoms with Gasteiger partial charge in [-0.2, -0.15) is 0 Å². The lowest BCUT2D eigenvalue weighted by molar-refractivity contribution is 0.445. The van der Waals surface area contributed by atoms with Crippen LogP contribution in [0.5, 0.6) is 0 Å². The van der Waals surface area contributed by atoms with Gasteiger partial charge in [-0.05, 0) is 25.8 Å². The van der Waals surface area contributed by atoms with E-state index < -0.39 is 0 Å². The second-order valence-electron chi connectivity index (χ2n) is 4.65. The number of aromatic nitrogens is 2. The van der Waals surface area contributed by atoms with Crippen molar-refractivity contribution in [3.63, 3.8) is 0 Å². The van der Waals surface area contributed by atoms with Crippen LogP contribution < -0.4 is 5.32 Å². The molecule has 1 fully saturated rings. The largest absolute Gasteiger partial charge is 0.314 e. The zero-order valence-corrected chi connectivity index (χ0v) is 9.53. The van der Waals surface area contributed by atoms with E-state index in [4.69, 9.17) is 0 Å². The monoisotopic (exact) mass is 205 g/mol. The molecule has 1 aliphatic rings. The number of hydrogen-bond acceptors (Lipinski definition) is 3. The summed E-state index contributed by atoms with van der Waals surface area (Å²) < 4.78 is 0. The summed E-state index contributed by atoms with van der Waals surface area (Å²) in [6.07, 6.45) is 9.09. The predicted octanol–water partition coefficient (Wildman–Crippen LogP) is 1.90. The van der Waals surface area contributed by atoms with Crippen LogP contribution in [0.15, 0.2) is 18.6 Å². The summed E-state index contributed by atoms with van der Waals surface area (Å²) in [5.41, 5.74) is 1.37. The summed E-state index contributed by atoms with van der Waals surface area (Å²) >= 11 is 0. The van der Waals surface area contributed by atoms with Crippen molar-refractivity contribution in [1.29, 1.82) is 0 Å². The van der Waals surface area contributed by atoms with Crippen molar-refractivity contribution in [2.24, 2.45) is 0 Å². The summed E-state index contributed by atoms with van der Waals surface area (Å²) in [6.45, 7) is 5.52. The molecule has 0 bridgehead atoms. The molecule has 1 N–H and O–H groups in total. The third-order valence-corrected chi connectivity index (χ3v) is 3.42. The van der Waals surface area contributed by atoms with Crippen LogP contribution in [0.3, 0.4) is 0 Å². The fourth-order valence-electron chi connectivity index (χ4n) is 2.55. The highest BCUT2D eigenvalue weighted by Gasteiger charge is 2.37. The van der Waals surface area contributed by atoms with Crippen molar-refractivity contribution in [3.8, 4) is 0 Å². The molecular weight excluding hydrogens is 186 g/mol. The number of nitrogens with zero attached hydrogens (tertiary/aromatic N) is 2. The van der Waals surface area contributed by atoms with Gasteiger partial charge in [0.1, 0.15) is 0 Å². The maximum Gasteiger partial charge on any atom is 0.0646 e. The van der Waals surface area contributed by atoms with Gasteiger partial charge in [-0.3, -0.25) is 9.97 Å². The van der Waals surface area contributed by atoms with Crippen LogP contribution in [-0.4, -0.2) is 22.6 Å². The van der Waals surface area contributed by atoms with Crippen molar-refractivity contribution in [2.45, 2.75) is 44.6 Å². The Bertz CT molecular complexity index is 312. The van der Waals surface area contributed by atoms with E-state index in [1.165, 1.54) is 19.3 Å². The molecule has 15 heavy (non-hydrogen) atoms. The molecular formula is C12H19N3. The first-order chi connectivity index (χ1) is 7.24. The molecule has 1 aliphatic carbocycles. The SMILES string of the molecule is CCNC1CCC(C)(c2cnccn2)C1. The second-order valence-corrected chi connectivity index (χ2v) is 4.65. The van der Waals surface area contributed by atoms with E-state index in [1.54, 1.807) is 12.4 Å². The molecule has 2 atom stereocenters. The molecule has 1 aromatic heterocycles. The zero-order chi connectivity index (χ0) is 10.7. The normalized spacial score (nSPS) is 30.7. The third-order valence-electron chi connectivity index (χ3n) is 3.42. The van der Waals surface area contributed by atoms with Crippen molar-refractivity contribution >= 4 is 0 Å². The van der Waals surface area contributed by atoms with Gasteiger partial charge in [0.25, 0.3) is 0 Å². The molecule has 3 heteroatoms. The average molecular weight is 205 g/mol. The fraction of sp³-hybridized carbons (Fsp3) is 0.667. The van der Waals surface area contributed by atoms with Crippen LogP contribution in [0.2, 0.25) is 0 Å². The molecule has 3 nitrogen and oxygen atoms in total. The Hall–Kier alpha value is -0.960. The Morgan fingerprint density at radius 2 is 2.40 bits per heavy atom.